The molecule has 216 valence electrons. The van der Waals surface area contributed by atoms with Crippen molar-refractivity contribution in [3.05, 3.63) is 42.0 Å². The third-order valence-corrected chi connectivity index (χ3v) is 7.42. The van der Waals surface area contributed by atoms with Gasteiger partial charge in [0.15, 0.2) is 11.5 Å². The minimum Gasteiger partial charge on any atom is -0.497 e. The second-order valence-electron chi connectivity index (χ2n) is 9.52. The number of rotatable bonds is 8. The number of amides is 3. The largest absolute Gasteiger partial charge is 0.497 e. The molecule has 3 amide bonds. The van der Waals surface area contributed by atoms with Gasteiger partial charge in [0.1, 0.15) is 5.75 Å². The van der Waals surface area contributed by atoms with Gasteiger partial charge in [0.05, 0.1) is 52.7 Å². The summed E-state index contributed by atoms with van der Waals surface area (Å²) in [7, 11) is 6.14. The molecule has 2 atom stereocenters. The molecular formula is C29H37N3O8. The standard InChI is InChI=1S/C29H37N3O8/c1-6-40-29(35)31-15-13-30(14-16-31)28(34)22-11-12-25(33)32(26(22)19-7-9-21(36-2)10-8-19)20-17-23(37-3)27(39-5)24(18-20)38-4/h7-10,17-18,22,26H,6,11-16H2,1-5H3/t22-,26+/m1/s1. The molecule has 0 aliphatic carbocycles. The zero-order valence-corrected chi connectivity index (χ0v) is 23.7. The summed E-state index contributed by atoms with van der Waals surface area (Å²) in [6.45, 7) is 3.62. The number of hydrogen-bond donors (Lipinski definition) is 0. The second-order valence-corrected chi connectivity index (χ2v) is 9.52. The first-order valence-corrected chi connectivity index (χ1v) is 13.3. The monoisotopic (exact) mass is 555 g/mol. The van der Waals surface area contributed by atoms with Crippen LogP contribution in [0.25, 0.3) is 0 Å². The summed E-state index contributed by atoms with van der Waals surface area (Å²) >= 11 is 0. The van der Waals surface area contributed by atoms with E-state index in [0.717, 1.165) is 5.56 Å². The Balaban J connectivity index is 1.72. The number of piperidine rings is 1. The fourth-order valence-electron chi connectivity index (χ4n) is 5.40. The maximum atomic E-state index is 14.1. The summed E-state index contributed by atoms with van der Waals surface area (Å²) in [6, 6.07) is 10.3. The molecule has 2 aromatic rings. The molecule has 0 spiro atoms. The maximum absolute atomic E-state index is 14.1. The molecule has 0 unspecified atom stereocenters. The van der Waals surface area contributed by atoms with Crippen molar-refractivity contribution in [3.8, 4) is 23.0 Å². The molecule has 0 N–H and O–H groups in total. The molecule has 2 heterocycles. The van der Waals surface area contributed by atoms with Crippen molar-refractivity contribution < 1.29 is 38.1 Å². The van der Waals surface area contributed by atoms with Crippen LogP contribution in [0.5, 0.6) is 23.0 Å². The molecular weight excluding hydrogens is 518 g/mol. The molecule has 11 heteroatoms. The minimum atomic E-state index is -0.592. The van der Waals surface area contributed by atoms with Crippen LogP contribution in [-0.2, 0) is 14.3 Å². The van der Waals surface area contributed by atoms with Gasteiger partial charge in [-0.1, -0.05) is 12.1 Å². The number of methoxy groups -OCH3 is 4. The topological polar surface area (TPSA) is 107 Å². The van der Waals surface area contributed by atoms with E-state index in [9.17, 15) is 14.4 Å². The van der Waals surface area contributed by atoms with Crippen molar-refractivity contribution in [3.63, 3.8) is 0 Å². The van der Waals surface area contributed by atoms with Crippen molar-refractivity contribution in [1.82, 2.24) is 9.80 Å². The second kappa shape index (κ2) is 12.8. The molecule has 4 rings (SSSR count). The molecule has 40 heavy (non-hydrogen) atoms. The van der Waals surface area contributed by atoms with Gasteiger partial charge in [0, 0.05) is 44.7 Å². The van der Waals surface area contributed by atoms with Crippen LogP contribution >= 0.6 is 0 Å². The van der Waals surface area contributed by atoms with Gasteiger partial charge in [-0.25, -0.2) is 4.79 Å². The summed E-state index contributed by atoms with van der Waals surface area (Å²) in [4.78, 5) is 44.9. The fourth-order valence-corrected chi connectivity index (χ4v) is 5.40. The zero-order valence-electron chi connectivity index (χ0n) is 23.7. The van der Waals surface area contributed by atoms with Crippen molar-refractivity contribution >= 4 is 23.6 Å². The number of carbonyl (C=O) groups is 3. The first kappa shape index (κ1) is 28.8. The predicted octanol–water partition coefficient (Wildman–Crippen LogP) is 3.51. The van der Waals surface area contributed by atoms with Gasteiger partial charge in [-0.15, -0.1) is 0 Å². The Morgan fingerprint density at radius 1 is 0.850 bits per heavy atom. The van der Waals surface area contributed by atoms with Gasteiger partial charge in [0.25, 0.3) is 0 Å². The van der Waals surface area contributed by atoms with Gasteiger partial charge in [-0.2, -0.15) is 0 Å². The number of carbonyl (C=O) groups excluding carboxylic acids is 3. The van der Waals surface area contributed by atoms with Gasteiger partial charge in [-0.05, 0) is 31.0 Å². The Labute approximate surface area is 234 Å². The normalized spacial score (nSPS) is 19.2. The summed E-state index contributed by atoms with van der Waals surface area (Å²) in [5, 5.41) is 0. The van der Waals surface area contributed by atoms with E-state index in [-0.39, 0.29) is 24.3 Å². The lowest BCUT2D eigenvalue weighted by molar-refractivity contribution is -0.140. The number of ether oxygens (including phenoxy) is 5. The van der Waals surface area contributed by atoms with Crippen molar-refractivity contribution in [1.29, 1.82) is 0 Å². The quantitative estimate of drug-likeness (QED) is 0.487. The van der Waals surface area contributed by atoms with Crippen LogP contribution in [-0.4, -0.2) is 88.9 Å². The lowest BCUT2D eigenvalue weighted by Gasteiger charge is -2.43. The van der Waals surface area contributed by atoms with Crippen LogP contribution in [0.3, 0.4) is 0 Å². The number of piperazine rings is 1. The molecule has 2 aliphatic heterocycles. The molecule has 2 aromatic carbocycles. The Bertz CT molecular complexity index is 1190. The van der Waals surface area contributed by atoms with Gasteiger partial charge >= 0.3 is 6.09 Å². The van der Waals surface area contributed by atoms with Crippen LogP contribution < -0.4 is 23.8 Å². The smallest absolute Gasteiger partial charge is 0.409 e. The molecule has 11 nitrogen and oxygen atoms in total. The van der Waals surface area contributed by atoms with E-state index in [4.69, 9.17) is 23.7 Å². The van der Waals surface area contributed by atoms with E-state index in [2.05, 4.69) is 0 Å². The van der Waals surface area contributed by atoms with Crippen LogP contribution in [0.15, 0.2) is 36.4 Å². The maximum Gasteiger partial charge on any atom is 0.409 e. The van der Waals surface area contributed by atoms with E-state index in [1.807, 2.05) is 24.3 Å². The molecule has 0 aromatic heterocycles. The molecule has 0 radical (unpaired) electrons. The molecule has 0 saturated carbocycles. The Kier molecular flexibility index (Phi) is 9.23. The highest BCUT2D eigenvalue weighted by Gasteiger charge is 2.44. The Morgan fingerprint density at radius 3 is 1.98 bits per heavy atom. The fraction of sp³-hybridized carbons (Fsp3) is 0.483. The average molecular weight is 556 g/mol. The third kappa shape index (κ3) is 5.73. The van der Waals surface area contributed by atoms with E-state index in [0.29, 0.717) is 67.9 Å². The predicted molar refractivity (Wildman–Crippen MR) is 147 cm³/mol. The van der Waals surface area contributed by atoms with Gasteiger partial charge < -0.3 is 38.4 Å². The minimum absolute atomic E-state index is 0.0609. The number of benzene rings is 2. The zero-order chi connectivity index (χ0) is 28.8. The number of hydrogen-bond acceptors (Lipinski definition) is 8. The van der Waals surface area contributed by atoms with Gasteiger partial charge in [0.2, 0.25) is 17.6 Å². The summed E-state index contributed by atoms with van der Waals surface area (Å²) in [6.07, 6.45) is 0.221. The van der Waals surface area contributed by atoms with Crippen LogP contribution in [0.4, 0.5) is 10.5 Å². The van der Waals surface area contributed by atoms with E-state index in [1.54, 1.807) is 40.9 Å². The molecule has 2 saturated heterocycles. The molecule has 0 bridgehead atoms. The van der Waals surface area contributed by atoms with E-state index >= 15 is 0 Å². The van der Waals surface area contributed by atoms with Crippen LogP contribution in [0, 0.1) is 5.92 Å². The summed E-state index contributed by atoms with van der Waals surface area (Å²) < 4.78 is 27.1. The Morgan fingerprint density at radius 2 is 1.45 bits per heavy atom. The lowest BCUT2D eigenvalue weighted by Crippen LogP contribution is -2.55. The first-order chi connectivity index (χ1) is 19.4. The lowest BCUT2D eigenvalue weighted by atomic mass is 9.82. The van der Waals surface area contributed by atoms with Crippen molar-refractivity contribution in [2.45, 2.75) is 25.8 Å². The highest BCUT2D eigenvalue weighted by Crippen LogP contribution is 2.46. The summed E-state index contributed by atoms with van der Waals surface area (Å²) in [5.41, 5.74) is 1.33. The van der Waals surface area contributed by atoms with E-state index in [1.165, 1.54) is 21.3 Å². The number of anilines is 1. The number of nitrogens with zero attached hydrogens (tertiary/aromatic N) is 3. The molecule has 2 aliphatic rings. The third-order valence-electron chi connectivity index (χ3n) is 7.42. The average Bonchev–Trinajstić information content (AvgIpc) is 3.00. The first-order valence-electron chi connectivity index (χ1n) is 13.3. The highest BCUT2D eigenvalue weighted by atomic mass is 16.6. The Hall–Kier alpha value is -4.15. The van der Waals surface area contributed by atoms with Crippen LogP contribution in [0.1, 0.15) is 31.4 Å². The summed E-state index contributed by atoms with van der Waals surface area (Å²) in [5.74, 6) is 1.19. The highest BCUT2D eigenvalue weighted by molar-refractivity contribution is 5.98. The van der Waals surface area contributed by atoms with Crippen LogP contribution in [0.2, 0.25) is 0 Å². The van der Waals surface area contributed by atoms with Crippen molar-refractivity contribution in [2.24, 2.45) is 5.92 Å². The SMILES string of the molecule is CCOC(=O)N1CCN(C(=O)[C@@H]2CCC(=O)N(c3cc(OC)c(OC)c(OC)c3)[C@H]2c2ccc(OC)cc2)CC1. The van der Waals surface area contributed by atoms with E-state index < -0.39 is 12.0 Å². The van der Waals surface area contributed by atoms with Gasteiger partial charge in [-0.3, -0.25) is 9.59 Å². The van der Waals surface area contributed by atoms with Crippen molar-refractivity contribution in [2.75, 3.05) is 66.1 Å². The molecule has 2 fully saturated rings.